The molecule has 2 aromatic carbocycles. The van der Waals surface area contributed by atoms with Crippen LogP contribution in [-0.4, -0.2) is 20.0 Å². The number of nitrogens with one attached hydrogen (secondary N) is 1. The number of aryl methyl sites for hydroxylation is 1. The third kappa shape index (κ3) is 3.44. The van der Waals surface area contributed by atoms with Crippen LogP contribution < -0.4 is 9.46 Å². The number of hydrogen-bond acceptors (Lipinski definition) is 4. The van der Waals surface area contributed by atoms with Crippen LogP contribution in [0.2, 0.25) is 0 Å². The van der Waals surface area contributed by atoms with Crippen molar-refractivity contribution in [1.82, 2.24) is 4.98 Å². The minimum atomic E-state index is -3.75. The van der Waals surface area contributed by atoms with Crippen LogP contribution in [0.25, 0.3) is 10.9 Å². The van der Waals surface area contributed by atoms with Crippen LogP contribution in [0.4, 0.5) is 5.69 Å². The Labute approximate surface area is 147 Å². The molecule has 1 N–H and O–H groups in total. The Morgan fingerprint density at radius 2 is 1.84 bits per heavy atom. The van der Waals surface area contributed by atoms with Gasteiger partial charge in [-0.25, -0.2) is 8.42 Å². The van der Waals surface area contributed by atoms with Gasteiger partial charge >= 0.3 is 0 Å². The molecule has 0 unspecified atom stereocenters. The fraction of sp³-hybridized carbons (Fsp3) is 0.211. The molecule has 3 rings (SSSR count). The normalized spacial score (nSPS) is 11.4. The molecule has 25 heavy (non-hydrogen) atoms. The fourth-order valence-corrected chi connectivity index (χ4v) is 4.05. The molecule has 6 heteroatoms. The molecular formula is C19H20N2O3S. The van der Waals surface area contributed by atoms with E-state index in [-0.39, 0.29) is 4.90 Å². The first-order chi connectivity index (χ1) is 12.1. The summed E-state index contributed by atoms with van der Waals surface area (Å²) in [5.74, 6) is 0.575. The second kappa shape index (κ2) is 7.11. The van der Waals surface area contributed by atoms with Crippen LogP contribution in [0.15, 0.2) is 59.6 Å². The van der Waals surface area contributed by atoms with E-state index < -0.39 is 10.0 Å². The van der Waals surface area contributed by atoms with Crippen LogP contribution in [-0.2, 0) is 16.4 Å². The Bertz CT molecular complexity index is 1000. The number of para-hydroxylation sites is 1. The number of sulfonamides is 1. The van der Waals surface area contributed by atoms with Crippen molar-refractivity contribution < 1.29 is 13.2 Å². The first-order valence-electron chi connectivity index (χ1n) is 8.18. The molecule has 0 fully saturated rings. The summed E-state index contributed by atoms with van der Waals surface area (Å²) in [4.78, 5) is 4.48. The fourth-order valence-electron chi connectivity index (χ4n) is 2.75. The molecule has 0 amide bonds. The molecule has 1 aromatic heterocycles. The minimum absolute atomic E-state index is 0.185. The number of ether oxygens (including phenoxy) is 1. The maximum Gasteiger partial charge on any atom is 0.262 e. The van der Waals surface area contributed by atoms with Crippen molar-refractivity contribution in [3.05, 3.63) is 60.3 Å². The Morgan fingerprint density at radius 3 is 2.60 bits per heavy atom. The highest BCUT2D eigenvalue weighted by molar-refractivity contribution is 7.93. The van der Waals surface area contributed by atoms with Gasteiger partial charge in [0.25, 0.3) is 10.0 Å². The van der Waals surface area contributed by atoms with Gasteiger partial charge in [0.05, 0.1) is 17.2 Å². The lowest BCUT2D eigenvalue weighted by atomic mass is 10.1. The van der Waals surface area contributed by atoms with Gasteiger partial charge in [-0.3, -0.25) is 9.71 Å². The zero-order chi connectivity index (χ0) is 17.9. The van der Waals surface area contributed by atoms with Crippen molar-refractivity contribution in [1.29, 1.82) is 0 Å². The first kappa shape index (κ1) is 17.2. The van der Waals surface area contributed by atoms with Gasteiger partial charge in [0, 0.05) is 11.6 Å². The highest BCUT2D eigenvalue weighted by atomic mass is 32.2. The van der Waals surface area contributed by atoms with E-state index in [4.69, 9.17) is 4.74 Å². The summed E-state index contributed by atoms with van der Waals surface area (Å²) in [7, 11) is -3.75. The summed E-state index contributed by atoms with van der Waals surface area (Å²) in [6.07, 6.45) is 2.37. The van der Waals surface area contributed by atoms with E-state index in [0.29, 0.717) is 28.9 Å². The zero-order valence-electron chi connectivity index (χ0n) is 14.2. The van der Waals surface area contributed by atoms with Crippen molar-refractivity contribution >= 4 is 26.6 Å². The number of anilines is 1. The van der Waals surface area contributed by atoms with Crippen molar-refractivity contribution in [3.63, 3.8) is 0 Å². The second-order valence-electron chi connectivity index (χ2n) is 5.51. The molecule has 0 atom stereocenters. The maximum atomic E-state index is 13.0. The number of rotatable bonds is 6. The van der Waals surface area contributed by atoms with Crippen molar-refractivity contribution in [3.8, 4) is 5.75 Å². The largest absolute Gasteiger partial charge is 0.492 e. The highest BCUT2D eigenvalue weighted by Gasteiger charge is 2.20. The monoisotopic (exact) mass is 356 g/mol. The van der Waals surface area contributed by atoms with Gasteiger partial charge in [0.2, 0.25) is 0 Å². The van der Waals surface area contributed by atoms with E-state index >= 15 is 0 Å². The molecule has 5 nitrogen and oxygen atoms in total. The van der Waals surface area contributed by atoms with Gasteiger partial charge in [0.1, 0.15) is 11.3 Å². The number of hydrogen-bond donors (Lipinski definition) is 1. The van der Waals surface area contributed by atoms with Gasteiger partial charge in [0.15, 0.2) is 0 Å². The van der Waals surface area contributed by atoms with Crippen LogP contribution in [0.1, 0.15) is 19.4 Å². The number of aromatic nitrogens is 1. The number of fused-ring (bicyclic) bond motifs is 1. The van der Waals surface area contributed by atoms with Gasteiger partial charge in [-0.05, 0) is 49.2 Å². The molecule has 0 bridgehead atoms. The van der Waals surface area contributed by atoms with Gasteiger partial charge in [-0.2, -0.15) is 0 Å². The van der Waals surface area contributed by atoms with Crippen LogP contribution in [0, 0.1) is 0 Å². The number of pyridine rings is 1. The van der Waals surface area contributed by atoms with Crippen molar-refractivity contribution in [2.24, 2.45) is 0 Å². The van der Waals surface area contributed by atoms with E-state index in [1.54, 1.807) is 36.5 Å². The Morgan fingerprint density at radius 1 is 1.04 bits per heavy atom. The molecule has 0 saturated carbocycles. The second-order valence-corrected chi connectivity index (χ2v) is 7.16. The number of benzene rings is 2. The highest BCUT2D eigenvalue weighted by Crippen LogP contribution is 2.31. The van der Waals surface area contributed by atoms with Gasteiger partial charge in [-0.15, -0.1) is 0 Å². The van der Waals surface area contributed by atoms with E-state index in [1.807, 2.05) is 32.0 Å². The summed E-state index contributed by atoms with van der Waals surface area (Å²) in [6, 6.07) is 14.1. The lowest BCUT2D eigenvalue weighted by molar-refractivity contribution is 0.343. The van der Waals surface area contributed by atoms with E-state index in [9.17, 15) is 8.42 Å². The summed E-state index contributed by atoms with van der Waals surface area (Å²) in [5, 5.41) is 0.537. The molecule has 0 aliphatic rings. The molecule has 0 aliphatic carbocycles. The smallest absolute Gasteiger partial charge is 0.262 e. The Balaban J connectivity index is 2.10. The SMILES string of the molecule is CCOc1ccc(S(=O)(=O)Nc2ccccc2CC)c2cccnc12. The lowest BCUT2D eigenvalue weighted by Gasteiger charge is -2.14. The third-order valence-corrected chi connectivity index (χ3v) is 5.35. The Kier molecular flexibility index (Phi) is 4.90. The average Bonchev–Trinajstić information content (AvgIpc) is 2.62. The molecule has 130 valence electrons. The summed E-state index contributed by atoms with van der Waals surface area (Å²) >= 11 is 0. The molecule has 0 saturated heterocycles. The average molecular weight is 356 g/mol. The summed E-state index contributed by atoms with van der Waals surface area (Å²) in [6.45, 7) is 4.35. The molecule has 1 heterocycles. The predicted octanol–water partition coefficient (Wildman–Crippen LogP) is 4.00. The third-order valence-electron chi connectivity index (χ3n) is 3.92. The van der Waals surface area contributed by atoms with Crippen LogP contribution >= 0.6 is 0 Å². The van der Waals surface area contributed by atoms with E-state index in [0.717, 1.165) is 12.0 Å². The summed E-state index contributed by atoms with van der Waals surface area (Å²) in [5.41, 5.74) is 2.08. The standard InChI is InChI=1S/C19H20N2O3S/c1-3-14-8-5-6-10-16(14)21-25(22,23)18-12-11-17(24-4-2)19-15(18)9-7-13-20-19/h5-13,21H,3-4H2,1-2H3. The quantitative estimate of drug-likeness (QED) is 0.725. The molecule has 0 spiro atoms. The van der Waals surface area contributed by atoms with Gasteiger partial charge < -0.3 is 4.74 Å². The molecular weight excluding hydrogens is 336 g/mol. The van der Waals surface area contributed by atoms with Crippen molar-refractivity contribution in [2.45, 2.75) is 25.2 Å². The van der Waals surface area contributed by atoms with E-state index in [2.05, 4.69) is 9.71 Å². The van der Waals surface area contributed by atoms with Crippen LogP contribution in [0.5, 0.6) is 5.75 Å². The minimum Gasteiger partial charge on any atom is -0.492 e. The lowest BCUT2D eigenvalue weighted by Crippen LogP contribution is -2.15. The van der Waals surface area contributed by atoms with Crippen LogP contribution in [0.3, 0.4) is 0 Å². The van der Waals surface area contributed by atoms with Gasteiger partial charge in [-0.1, -0.05) is 25.1 Å². The summed E-state index contributed by atoms with van der Waals surface area (Å²) < 4.78 is 34.2. The maximum absolute atomic E-state index is 13.0. The molecule has 0 aliphatic heterocycles. The zero-order valence-corrected chi connectivity index (χ0v) is 15.0. The topological polar surface area (TPSA) is 68.3 Å². The molecule has 0 radical (unpaired) electrons. The first-order valence-corrected chi connectivity index (χ1v) is 9.66. The predicted molar refractivity (Wildman–Crippen MR) is 99.5 cm³/mol. The molecule has 3 aromatic rings. The Hall–Kier alpha value is -2.60. The van der Waals surface area contributed by atoms with E-state index in [1.165, 1.54) is 0 Å². The number of nitrogens with zero attached hydrogens (tertiary/aromatic N) is 1. The van der Waals surface area contributed by atoms with Crippen molar-refractivity contribution in [2.75, 3.05) is 11.3 Å².